The maximum absolute atomic E-state index is 13.3. The molecule has 6 heteroatoms. The van der Waals surface area contributed by atoms with Crippen LogP contribution < -0.4 is 0 Å². The summed E-state index contributed by atoms with van der Waals surface area (Å²) in [5, 5.41) is 0. The number of nitrogens with zero attached hydrogens (tertiary/aromatic N) is 3. The number of fused-ring (bicyclic) bond motifs is 1. The molecule has 2 amide bonds. The van der Waals surface area contributed by atoms with E-state index in [1.165, 1.54) is 0 Å². The van der Waals surface area contributed by atoms with Gasteiger partial charge in [-0.15, -0.1) is 0 Å². The lowest BCUT2D eigenvalue weighted by Gasteiger charge is -2.29. The van der Waals surface area contributed by atoms with E-state index < -0.39 is 5.60 Å². The van der Waals surface area contributed by atoms with Crippen LogP contribution in [0.15, 0.2) is 12.2 Å². The van der Waals surface area contributed by atoms with Gasteiger partial charge in [0, 0.05) is 26.2 Å². The summed E-state index contributed by atoms with van der Waals surface area (Å²) in [5.74, 6) is 0.0986. The molecule has 2 bridgehead atoms. The summed E-state index contributed by atoms with van der Waals surface area (Å²) in [5.41, 5.74) is -0.568. The molecule has 4 aliphatic heterocycles. The lowest BCUT2D eigenvalue weighted by molar-refractivity contribution is -0.143. The van der Waals surface area contributed by atoms with Crippen molar-refractivity contribution in [3.05, 3.63) is 12.2 Å². The summed E-state index contributed by atoms with van der Waals surface area (Å²) in [4.78, 5) is 32.6. The van der Waals surface area contributed by atoms with Gasteiger partial charge in [-0.25, -0.2) is 0 Å². The van der Waals surface area contributed by atoms with Crippen LogP contribution in [0.4, 0.5) is 0 Å². The molecule has 0 saturated carbocycles. The Balaban J connectivity index is 1.52. The fourth-order valence-corrected chi connectivity index (χ4v) is 4.94. The number of carbonyl (C=O) groups is 2. The number of amides is 2. The molecule has 6 nitrogen and oxygen atoms in total. The molecular weight excluding hydrogens is 330 g/mol. The first-order chi connectivity index (χ1) is 12.4. The molecule has 0 aromatic heterocycles. The highest BCUT2D eigenvalue weighted by Crippen LogP contribution is 2.52. The molecular formula is C20H31N3O3. The number of hydrogen-bond donors (Lipinski definition) is 0. The Kier molecular flexibility index (Phi) is 4.59. The number of carbonyl (C=O) groups excluding carboxylic acids is 2. The Labute approximate surface area is 156 Å². The van der Waals surface area contributed by atoms with E-state index in [1.807, 2.05) is 15.9 Å². The number of likely N-dealkylation sites (tertiary alicyclic amines) is 1. The van der Waals surface area contributed by atoms with E-state index >= 15 is 0 Å². The fourth-order valence-electron chi connectivity index (χ4n) is 4.94. The molecule has 0 radical (unpaired) electrons. The predicted octanol–water partition coefficient (Wildman–Crippen LogP) is 0.979. The summed E-state index contributed by atoms with van der Waals surface area (Å²) in [6.07, 6.45) is 5.81. The molecule has 1 spiro atoms. The van der Waals surface area contributed by atoms with Crippen molar-refractivity contribution in [3.8, 4) is 0 Å². The zero-order valence-corrected chi connectivity index (χ0v) is 16.2. The fraction of sp³-hybridized carbons (Fsp3) is 0.800. The van der Waals surface area contributed by atoms with Gasteiger partial charge >= 0.3 is 0 Å². The lowest BCUT2D eigenvalue weighted by atomic mass is 9.76. The van der Waals surface area contributed by atoms with Crippen molar-refractivity contribution in [2.24, 2.45) is 17.8 Å². The van der Waals surface area contributed by atoms with Crippen LogP contribution in [0.3, 0.4) is 0 Å². The minimum atomic E-state index is -0.568. The standard InChI is InChI=1S/C20H31N3O3/c1-14(2)6-10-23-13-20-7-5-15(26-20)16(17(20)19(23)25)18(24)22-9-4-8-21(3)11-12-22/h5,7,14-17H,4,6,8-13H2,1-3H3/t15-,16-,17-,20-/m0/s1. The van der Waals surface area contributed by atoms with Crippen molar-refractivity contribution in [2.75, 3.05) is 46.3 Å². The van der Waals surface area contributed by atoms with E-state index in [-0.39, 0.29) is 29.8 Å². The maximum Gasteiger partial charge on any atom is 0.230 e. The Bertz CT molecular complexity index is 619. The predicted molar refractivity (Wildman–Crippen MR) is 98.5 cm³/mol. The van der Waals surface area contributed by atoms with Crippen molar-refractivity contribution >= 4 is 11.8 Å². The Morgan fingerprint density at radius 2 is 2.12 bits per heavy atom. The normalized spacial score (nSPS) is 36.9. The molecule has 0 N–H and O–H groups in total. The zero-order chi connectivity index (χ0) is 18.5. The van der Waals surface area contributed by atoms with Crippen molar-refractivity contribution in [3.63, 3.8) is 0 Å². The van der Waals surface area contributed by atoms with Gasteiger partial charge in [-0.05, 0) is 32.4 Å². The third kappa shape index (κ3) is 2.87. The minimum absolute atomic E-state index is 0.112. The molecule has 26 heavy (non-hydrogen) atoms. The third-order valence-corrected chi connectivity index (χ3v) is 6.47. The third-order valence-electron chi connectivity index (χ3n) is 6.47. The second-order valence-corrected chi connectivity index (χ2v) is 8.82. The number of rotatable bonds is 4. The van der Waals surface area contributed by atoms with Crippen LogP contribution in [0.2, 0.25) is 0 Å². The van der Waals surface area contributed by atoms with E-state index in [2.05, 4.69) is 31.9 Å². The summed E-state index contributed by atoms with van der Waals surface area (Å²) < 4.78 is 6.24. The van der Waals surface area contributed by atoms with Gasteiger partial charge in [0.1, 0.15) is 5.60 Å². The SMILES string of the molecule is CC(C)CCN1C[C@]23C=C[C@H](O2)[C@H](C(=O)N2CCCN(C)CC2)[C@H]3C1=O. The zero-order valence-electron chi connectivity index (χ0n) is 16.2. The van der Waals surface area contributed by atoms with Crippen LogP contribution in [-0.2, 0) is 14.3 Å². The van der Waals surface area contributed by atoms with E-state index in [4.69, 9.17) is 4.74 Å². The molecule has 4 aliphatic rings. The smallest absolute Gasteiger partial charge is 0.230 e. The summed E-state index contributed by atoms with van der Waals surface area (Å²) in [6, 6.07) is 0. The highest BCUT2D eigenvalue weighted by atomic mass is 16.5. The van der Waals surface area contributed by atoms with E-state index in [9.17, 15) is 9.59 Å². The van der Waals surface area contributed by atoms with Gasteiger partial charge in [0.05, 0.1) is 24.5 Å². The molecule has 3 saturated heterocycles. The van der Waals surface area contributed by atoms with Gasteiger partial charge < -0.3 is 19.4 Å². The monoisotopic (exact) mass is 361 g/mol. The molecule has 0 unspecified atom stereocenters. The van der Waals surface area contributed by atoms with Crippen LogP contribution >= 0.6 is 0 Å². The van der Waals surface area contributed by atoms with Crippen molar-refractivity contribution in [2.45, 2.75) is 38.4 Å². The molecule has 0 aromatic rings. The first-order valence-electron chi connectivity index (χ1n) is 10.0. The van der Waals surface area contributed by atoms with Gasteiger partial charge in [-0.1, -0.05) is 26.0 Å². The van der Waals surface area contributed by atoms with Crippen LogP contribution in [0.1, 0.15) is 26.7 Å². The lowest BCUT2D eigenvalue weighted by Crippen LogP contribution is -2.47. The van der Waals surface area contributed by atoms with Gasteiger partial charge in [-0.3, -0.25) is 9.59 Å². The molecule has 4 rings (SSSR count). The van der Waals surface area contributed by atoms with Crippen LogP contribution in [0.5, 0.6) is 0 Å². The van der Waals surface area contributed by atoms with Gasteiger partial charge in [0.15, 0.2) is 0 Å². The molecule has 4 heterocycles. The Morgan fingerprint density at radius 3 is 2.88 bits per heavy atom. The minimum Gasteiger partial charge on any atom is -0.360 e. The van der Waals surface area contributed by atoms with Gasteiger partial charge in [-0.2, -0.15) is 0 Å². The summed E-state index contributed by atoms with van der Waals surface area (Å²) in [7, 11) is 2.10. The largest absolute Gasteiger partial charge is 0.360 e. The Morgan fingerprint density at radius 1 is 1.31 bits per heavy atom. The van der Waals surface area contributed by atoms with Crippen LogP contribution in [0.25, 0.3) is 0 Å². The first-order valence-corrected chi connectivity index (χ1v) is 10.0. The van der Waals surface area contributed by atoms with E-state index in [0.717, 1.165) is 45.6 Å². The van der Waals surface area contributed by atoms with Gasteiger partial charge in [0.25, 0.3) is 0 Å². The first kappa shape index (κ1) is 18.0. The highest BCUT2D eigenvalue weighted by molar-refractivity contribution is 5.93. The maximum atomic E-state index is 13.3. The Hall–Kier alpha value is -1.40. The van der Waals surface area contributed by atoms with Crippen molar-refractivity contribution in [1.82, 2.24) is 14.7 Å². The number of likely N-dealkylation sites (N-methyl/N-ethyl adjacent to an activating group) is 1. The van der Waals surface area contributed by atoms with Crippen molar-refractivity contribution < 1.29 is 14.3 Å². The quantitative estimate of drug-likeness (QED) is 0.701. The summed E-state index contributed by atoms with van der Waals surface area (Å²) >= 11 is 0. The summed E-state index contributed by atoms with van der Waals surface area (Å²) in [6.45, 7) is 9.13. The molecule has 4 atom stereocenters. The second-order valence-electron chi connectivity index (χ2n) is 8.82. The van der Waals surface area contributed by atoms with E-state index in [0.29, 0.717) is 12.5 Å². The average Bonchev–Trinajstić information content (AvgIpc) is 3.17. The molecule has 0 aromatic carbocycles. The number of ether oxygens (including phenoxy) is 1. The topological polar surface area (TPSA) is 53.1 Å². The van der Waals surface area contributed by atoms with Crippen LogP contribution in [0, 0.1) is 17.8 Å². The second kappa shape index (κ2) is 6.64. The van der Waals surface area contributed by atoms with Gasteiger partial charge in [0.2, 0.25) is 11.8 Å². The van der Waals surface area contributed by atoms with Crippen molar-refractivity contribution in [1.29, 1.82) is 0 Å². The molecule has 0 aliphatic carbocycles. The highest BCUT2D eigenvalue weighted by Gasteiger charge is 2.67. The molecule has 144 valence electrons. The number of hydrogen-bond acceptors (Lipinski definition) is 4. The average molecular weight is 361 g/mol. The van der Waals surface area contributed by atoms with E-state index in [1.54, 1.807) is 0 Å². The molecule has 3 fully saturated rings. The van der Waals surface area contributed by atoms with Crippen LogP contribution in [-0.4, -0.2) is 84.5 Å².